The van der Waals surface area contributed by atoms with Crippen molar-refractivity contribution < 1.29 is 23.2 Å². The Morgan fingerprint density at radius 2 is 1.90 bits per heavy atom. The minimum atomic E-state index is -2.68. The van der Waals surface area contributed by atoms with Gasteiger partial charge < -0.3 is 14.0 Å². The van der Waals surface area contributed by atoms with Gasteiger partial charge in [-0.15, -0.1) is 0 Å². The second-order valence-corrected chi connectivity index (χ2v) is 7.04. The normalized spacial score (nSPS) is 16.4. The van der Waals surface area contributed by atoms with Gasteiger partial charge in [0.15, 0.2) is 0 Å². The molecule has 1 aromatic carbocycles. The number of aryl methyl sites for hydroxylation is 1. The van der Waals surface area contributed by atoms with Gasteiger partial charge in [0, 0.05) is 55.4 Å². The van der Waals surface area contributed by atoms with Crippen molar-refractivity contribution in [1.29, 1.82) is 0 Å². The average Bonchev–Trinajstić information content (AvgIpc) is 2.66. The Hall–Kier alpha value is -2.97. The molecule has 0 aliphatic heterocycles. The molecule has 7 nitrogen and oxygen atoms in total. The number of hydrogen-bond acceptors (Lipinski definition) is 5. The van der Waals surface area contributed by atoms with Gasteiger partial charge in [-0.1, -0.05) is 0 Å². The highest BCUT2D eigenvalue weighted by atomic mass is 19.3. The molecule has 0 amide bonds. The van der Waals surface area contributed by atoms with Crippen LogP contribution in [0.2, 0.25) is 0 Å². The fourth-order valence-electron chi connectivity index (χ4n) is 3.35. The molecule has 1 heterocycles. The van der Waals surface area contributed by atoms with Crippen LogP contribution in [0.15, 0.2) is 35.3 Å². The summed E-state index contributed by atoms with van der Waals surface area (Å²) < 4.78 is 39.8. The quantitative estimate of drug-likeness (QED) is 0.525. The van der Waals surface area contributed by atoms with Gasteiger partial charge in [0.1, 0.15) is 11.5 Å². The molecular formula is C20H22F2N2O5. The number of benzene rings is 1. The summed E-state index contributed by atoms with van der Waals surface area (Å²) in [6.45, 7) is 2.05. The molecule has 1 aliphatic carbocycles. The Bertz CT molecular complexity index is 964. The maximum Gasteiger partial charge on any atom is 0.270 e. The van der Waals surface area contributed by atoms with E-state index in [4.69, 9.17) is 9.47 Å². The van der Waals surface area contributed by atoms with Crippen LogP contribution in [0.5, 0.6) is 11.5 Å². The summed E-state index contributed by atoms with van der Waals surface area (Å²) in [6, 6.07) is 5.41. The molecule has 0 atom stereocenters. The van der Waals surface area contributed by atoms with E-state index < -0.39 is 16.9 Å². The molecule has 0 unspecified atom stereocenters. The van der Waals surface area contributed by atoms with Gasteiger partial charge in [-0.2, -0.15) is 0 Å². The van der Waals surface area contributed by atoms with Crippen molar-refractivity contribution in [3.05, 3.63) is 50.9 Å². The van der Waals surface area contributed by atoms with Crippen LogP contribution in [0, 0.1) is 10.1 Å². The lowest BCUT2D eigenvalue weighted by atomic mass is 9.94. The smallest absolute Gasteiger partial charge is 0.270 e. The van der Waals surface area contributed by atoms with Crippen LogP contribution in [-0.2, 0) is 7.05 Å². The second-order valence-electron chi connectivity index (χ2n) is 7.04. The summed E-state index contributed by atoms with van der Waals surface area (Å²) in [5, 5.41) is 11.3. The second kappa shape index (κ2) is 8.18. The molecule has 0 saturated heterocycles. The molecule has 0 spiro atoms. The van der Waals surface area contributed by atoms with Crippen LogP contribution < -0.4 is 15.0 Å². The molecule has 1 fully saturated rings. The molecule has 0 bridgehead atoms. The zero-order valence-corrected chi connectivity index (χ0v) is 16.2. The summed E-state index contributed by atoms with van der Waals surface area (Å²) in [5.74, 6) is -2.08. The number of alkyl halides is 2. The largest absolute Gasteiger partial charge is 0.493 e. The highest BCUT2D eigenvalue weighted by Crippen LogP contribution is 2.41. The van der Waals surface area contributed by atoms with Crippen molar-refractivity contribution in [2.45, 2.75) is 44.6 Å². The highest BCUT2D eigenvalue weighted by Gasteiger charge is 2.36. The number of hydrogen-bond donors (Lipinski definition) is 0. The van der Waals surface area contributed by atoms with Crippen LogP contribution in [0.1, 0.15) is 32.6 Å². The van der Waals surface area contributed by atoms with Gasteiger partial charge in [0.05, 0.1) is 17.6 Å². The van der Waals surface area contributed by atoms with E-state index in [0.717, 1.165) is 0 Å². The van der Waals surface area contributed by atoms with Gasteiger partial charge in [-0.25, -0.2) is 8.78 Å². The monoisotopic (exact) mass is 408 g/mol. The SMILES string of the molecule is CCOc1cc(=O)n(C)cc1-c1cc([N+](=O)[O-])ccc1OC1CCC(F)(F)CC1. The predicted molar refractivity (Wildman–Crippen MR) is 103 cm³/mol. The minimum Gasteiger partial charge on any atom is -0.493 e. The topological polar surface area (TPSA) is 83.6 Å². The average molecular weight is 408 g/mol. The van der Waals surface area contributed by atoms with Gasteiger partial charge >= 0.3 is 0 Å². The van der Waals surface area contributed by atoms with E-state index in [9.17, 15) is 23.7 Å². The summed E-state index contributed by atoms with van der Waals surface area (Å²) >= 11 is 0. The maximum atomic E-state index is 13.4. The zero-order valence-electron chi connectivity index (χ0n) is 16.2. The van der Waals surface area contributed by atoms with Crippen molar-refractivity contribution in [1.82, 2.24) is 4.57 Å². The third kappa shape index (κ3) is 4.72. The molecule has 3 rings (SSSR count). The first-order valence-corrected chi connectivity index (χ1v) is 9.37. The first-order valence-electron chi connectivity index (χ1n) is 9.37. The number of rotatable bonds is 6. The minimum absolute atomic E-state index is 0.154. The Morgan fingerprint density at radius 3 is 2.52 bits per heavy atom. The Kier molecular flexibility index (Phi) is 5.86. The van der Waals surface area contributed by atoms with E-state index >= 15 is 0 Å². The standard InChI is InChI=1S/C20H22F2N2O5/c1-3-28-18-11-19(25)23(2)12-16(18)15-10-13(24(26)27)4-5-17(15)29-14-6-8-20(21,22)9-7-14/h4-5,10-12,14H,3,6-9H2,1-2H3. The molecule has 1 aromatic heterocycles. The molecule has 1 saturated carbocycles. The third-order valence-electron chi connectivity index (χ3n) is 4.91. The van der Waals surface area contributed by atoms with Crippen molar-refractivity contribution in [2.24, 2.45) is 7.05 Å². The van der Waals surface area contributed by atoms with Crippen LogP contribution in [0.25, 0.3) is 11.1 Å². The lowest BCUT2D eigenvalue weighted by Crippen LogP contribution is -2.30. The van der Waals surface area contributed by atoms with Gasteiger partial charge in [0.2, 0.25) is 5.92 Å². The van der Waals surface area contributed by atoms with Crippen LogP contribution in [-0.4, -0.2) is 28.1 Å². The molecular weight excluding hydrogens is 386 g/mol. The maximum absolute atomic E-state index is 13.4. The first-order chi connectivity index (χ1) is 13.7. The van der Waals surface area contributed by atoms with Crippen molar-refractivity contribution in [3.8, 4) is 22.6 Å². The van der Waals surface area contributed by atoms with Crippen LogP contribution in [0.4, 0.5) is 14.5 Å². The molecule has 29 heavy (non-hydrogen) atoms. The van der Waals surface area contributed by atoms with E-state index in [1.165, 1.54) is 35.0 Å². The molecule has 0 N–H and O–H groups in total. The molecule has 9 heteroatoms. The number of halogens is 2. The van der Waals surface area contributed by atoms with Crippen molar-refractivity contribution in [2.75, 3.05) is 6.61 Å². The van der Waals surface area contributed by atoms with Gasteiger partial charge in [-0.05, 0) is 25.8 Å². The number of nitrogens with zero attached hydrogens (tertiary/aromatic N) is 2. The summed E-state index contributed by atoms with van der Waals surface area (Å²) in [5.41, 5.74) is 0.378. The van der Waals surface area contributed by atoms with Crippen LogP contribution in [0.3, 0.4) is 0 Å². The molecule has 156 valence electrons. The predicted octanol–water partition coefficient (Wildman–Crippen LogP) is 4.32. The molecule has 1 aliphatic rings. The zero-order chi connectivity index (χ0) is 21.2. The number of aromatic nitrogens is 1. The van der Waals surface area contributed by atoms with E-state index in [2.05, 4.69) is 0 Å². The lowest BCUT2D eigenvalue weighted by molar-refractivity contribution is -0.384. The highest BCUT2D eigenvalue weighted by molar-refractivity contribution is 5.77. The number of pyridine rings is 1. The third-order valence-corrected chi connectivity index (χ3v) is 4.91. The van der Waals surface area contributed by atoms with E-state index in [1.54, 1.807) is 14.0 Å². The van der Waals surface area contributed by atoms with Gasteiger partial charge in [0.25, 0.3) is 11.2 Å². The summed E-state index contributed by atoms with van der Waals surface area (Å²) in [6.07, 6.45) is 0.963. The van der Waals surface area contributed by atoms with Gasteiger partial charge in [-0.3, -0.25) is 14.9 Å². The van der Waals surface area contributed by atoms with E-state index in [1.807, 2.05) is 0 Å². The first kappa shape index (κ1) is 20.8. The van der Waals surface area contributed by atoms with E-state index in [0.29, 0.717) is 23.5 Å². The number of non-ortho nitro benzene ring substituents is 1. The Balaban J connectivity index is 2.05. The Morgan fingerprint density at radius 1 is 1.21 bits per heavy atom. The van der Waals surface area contributed by atoms with Crippen molar-refractivity contribution in [3.63, 3.8) is 0 Å². The van der Waals surface area contributed by atoms with Crippen molar-refractivity contribution >= 4 is 5.69 Å². The number of ether oxygens (including phenoxy) is 2. The fourth-order valence-corrected chi connectivity index (χ4v) is 3.35. The number of nitro benzene ring substituents is 1. The van der Waals surface area contributed by atoms with E-state index in [-0.39, 0.29) is 42.7 Å². The number of nitro groups is 1. The summed E-state index contributed by atoms with van der Waals surface area (Å²) in [4.78, 5) is 22.8. The Labute approximate surface area is 166 Å². The molecule has 2 aromatic rings. The molecule has 0 radical (unpaired) electrons. The van der Waals surface area contributed by atoms with Crippen LogP contribution >= 0.6 is 0 Å². The summed E-state index contributed by atoms with van der Waals surface area (Å²) in [7, 11) is 1.56. The lowest BCUT2D eigenvalue weighted by Gasteiger charge is -2.29. The fraction of sp³-hybridized carbons (Fsp3) is 0.450.